The van der Waals surface area contributed by atoms with E-state index in [0.29, 0.717) is 11.1 Å². The van der Waals surface area contributed by atoms with Gasteiger partial charge in [0.15, 0.2) is 11.3 Å². The Labute approximate surface area is 138 Å². The van der Waals surface area contributed by atoms with Gasteiger partial charge in [-0.15, -0.1) is 0 Å². The average Bonchev–Trinajstić information content (AvgIpc) is 2.94. The van der Waals surface area contributed by atoms with Crippen LogP contribution in [0.25, 0.3) is 16.7 Å². The Morgan fingerprint density at radius 2 is 1.83 bits per heavy atom. The number of nitrogens with one attached hydrogen (secondary N) is 1. The van der Waals surface area contributed by atoms with E-state index in [1.54, 1.807) is 54.2 Å². The molecule has 0 saturated heterocycles. The molecule has 0 bridgehead atoms. The van der Waals surface area contributed by atoms with Crippen LogP contribution >= 0.6 is 0 Å². The van der Waals surface area contributed by atoms with Gasteiger partial charge in [-0.2, -0.15) is 10.4 Å². The number of hydrogen-bond acceptors (Lipinski definition) is 4. The Balaban J connectivity index is 2.04. The zero-order chi connectivity index (χ0) is 17.1. The number of benzene rings is 2. The molecule has 0 aliphatic carbocycles. The van der Waals surface area contributed by atoms with Crippen LogP contribution in [0.5, 0.6) is 0 Å². The molecule has 6 heteroatoms. The first-order valence-electron chi connectivity index (χ1n) is 7.23. The highest BCUT2D eigenvalue weighted by atomic mass is 16.3. The smallest absolute Gasteiger partial charge is 0.270 e. The molecule has 1 aromatic heterocycles. The zero-order valence-electron chi connectivity index (χ0n) is 12.9. The molecule has 0 fully saturated rings. The van der Waals surface area contributed by atoms with Crippen molar-refractivity contribution < 1.29 is 9.90 Å². The van der Waals surface area contributed by atoms with E-state index in [2.05, 4.69) is 10.4 Å². The van der Waals surface area contributed by atoms with Crippen LogP contribution in [0.3, 0.4) is 0 Å². The quantitative estimate of drug-likeness (QED) is 0.441. The van der Waals surface area contributed by atoms with E-state index in [1.165, 1.54) is 0 Å². The molecule has 1 heterocycles. The molecule has 118 valence electrons. The lowest BCUT2D eigenvalue weighted by molar-refractivity contribution is -0.112. The maximum atomic E-state index is 12.3. The van der Waals surface area contributed by atoms with Gasteiger partial charge in [0, 0.05) is 18.1 Å². The van der Waals surface area contributed by atoms with Crippen LogP contribution < -0.4 is 5.32 Å². The highest BCUT2D eigenvalue weighted by Gasteiger charge is 2.21. The normalized spacial score (nSPS) is 11.7. The first kappa shape index (κ1) is 15.3. The lowest BCUT2D eigenvalue weighted by atomic mass is 10.1. The summed E-state index contributed by atoms with van der Waals surface area (Å²) in [5, 5.41) is 27.3. The largest absolute Gasteiger partial charge is 0.504 e. The fourth-order valence-electron chi connectivity index (χ4n) is 2.43. The fraction of sp³-hybridized carbons (Fsp3) is 0.0556. The molecule has 0 aliphatic rings. The Morgan fingerprint density at radius 3 is 2.54 bits per heavy atom. The van der Waals surface area contributed by atoms with Crippen molar-refractivity contribution in [1.82, 2.24) is 9.78 Å². The summed E-state index contributed by atoms with van der Waals surface area (Å²) in [6.07, 6.45) is 0. The third kappa shape index (κ3) is 2.71. The molecule has 3 aromatic rings. The van der Waals surface area contributed by atoms with Crippen LogP contribution in [-0.4, -0.2) is 20.8 Å². The zero-order valence-corrected chi connectivity index (χ0v) is 12.9. The molecule has 2 aromatic carbocycles. The number of rotatable bonds is 3. The highest BCUT2D eigenvalue weighted by molar-refractivity contribution is 6.11. The summed E-state index contributed by atoms with van der Waals surface area (Å²) in [5.41, 5.74) is 1.14. The van der Waals surface area contributed by atoms with E-state index in [-0.39, 0.29) is 11.3 Å². The van der Waals surface area contributed by atoms with Crippen LogP contribution in [0.2, 0.25) is 0 Å². The van der Waals surface area contributed by atoms with Crippen molar-refractivity contribution >= 4 is 28.3 Å². The number of para-hydroxylation sites is 2. The van der Waals surface area contributed by atoms with Crippen LogP contribution in [0.1, 0.15) is 5.69 Å². The van der Waals surface area contributed by atoms with Gasteiger partial charge in [-0.1, -0.05) is 36.4 Å². The van der Waals surface area contributed by atoms with E-state index in [4.69, 9.17) is 0 Å². The van der Waals surface area contributed by atoms with Gasteiger partial charge in [-0.25, -0.2) is 0 Å². The highest BCUT2D eigenvalue weighted by Crippen LogP contribution is 2.25. The second kappa shape index (κ2) is 6.26. The molecule has 24 heavy (non-hydrogen) atoms. The predicted octanol–water partition coefficient (Wildman–Crippen LogP) is 3.00. The molecule has 2 N–H and O–H groups in total. The Morgan fingerprint density at radius 1 is 1.17 bits per heavy atom. The summed E-state index contributed by atoms with van der Waals surface area (Å²) in [6, 6.07) is 17.8. The molecular weight excluding hydrogens is 304 g/mol. The minimum atomic E-state index is -0.684. The van der Waals surface area contributed by atoms with Gasteiger partial charge in [-0.05, 0) is 18.2 Å². The van der Waals surface area contributed by atoms with Gasteiger partial charge < -0.3 is 10.4 Å². The first-order chi connectivity index (χ1) is 11.6. The van der Waals surface area contributed by atoms with Gasteiger partial charge in [0.05, 0.1) is 5.52 Å². The second-order valence-corrected chi connectivity index (χ2v) is 5.14. The molecule has 0 spiro atoms. The number of carbonyl (C=O) groups excluding carboxylic acids is 1. The number of aromatic nitrogens is 2. The first-order valence-corrected chi connectivity index (χ1v) is 7.23. The van der Waals surface area contributed by atoms with E-state index in [9.17, 15) is 15.2 Å². The monoisotopic (exact) mass is 318 g/mol. The number of hydrogen-bond donors (Lipinski definition) is 2. The summed E-state index contributed by atoms with van der Waals surface area (Å²) in [7, 11) is 1.73. The van der Waals surface area contributed by atoms with Gasteiger partial charge >= 0.3 is 0 Å². The molecule has 0 aliphatic heterocycles. The Hall–Kier alpha value is -3.59. The van der Waals surface area contributed by atoms with Crippen molar-refractivity contribution in [2.24, 2.45) is 7.05 Å². The standard InChI is InChI=1S/C18H14N4O2/c1-22-15-10-6-5-9-13(15)16(21-22)17(23)14(11-19)18(24)20-12-7-3-2-4-8-12/h2-10,23H,1H3,(H,20,24). The molecule has 0 atom stereocenters. The molecule has 0 saturated carbocycles. The molecular formula is C18H14N4O2. The third-order valence-corrected chi connectivity index (χ3v) is 3.59. The fourth-order valence-corrected chi connectivity index (χ4v) is 2.43. The maximum Gasteiger partial charge on any atom is 0.270 e. The molecule has 6 nitrogen and oxygen atoms in total. The van der Waals surface area contributed by atoms with E-state index in [0.717, 1.165) is 5.52 Å². The van der Waals surface area contributed by atoms with Crippen LogP contribution in [0.4, 0.5) is 5.69 Å². The number of carbonyl (C=O) groups is 1. The second-order valence-electron chi connectivity index (χ2n) is 5.14. The Bertz CT molecular complexity index is 981. The summed E-state index contributed by atoms with van der Waals surface area (Å²) in [6.45, 7) is 0. The number of amides is 1. The number of nitriles is 1. The average molecular weight is 318 g/mol. The number of anilines is 1. The van der Waals surface area contributed by atoms with Crippen LogP contribution in [0, 0.1) is 11.3 Å². The molecule has 1 amide bonds. The van der Waals surface area contributed by atoms with E-state index in [1.807, 2.05) is 18.2 Å². The van der Waals surface area contributed by atoms with Crippen LogP contribution in [-0.2, 0) is 11.8 Å². The van der Waals surface area contributed by atoms with Crippen molar-refractivity contribution in [1.29, 1.82) is 5.26 Å². The summed E-state index contributed by atoms with van der Waals surface area (Å²) in [4.78, 5) is 12.3. The van der Waals surface area contributed by atoms with Gasteiger partial charge in [-0.3, -0.25) is 9.48 Å². The van der Waals surface area contributed by atoms with E-state index < -0.39 is 11.7 Å². The summed E-state index contributed by atoms with van der Waals surface area (Å²) in [5.74, 6) is -1.13. The lowest BCUT2D eigenvalue weighted by Crippen LogP contribution is -2.15. The van der Waals surface area contributed by atoms with Crippen molar-refractivity contribution in [2.75, 3.05) is 5.32 Å². The SMILES string of the molecule is Cn1nc(C(O)=C(C#N)C(=O)Nc2ccccc2)c2ccccc21. The predicted molar refractivity (Wildman–Crippen MR) is 90.9 cm³/mol. The number of fused-ring (bicyclic) bond motifs is 1. The topological polar surface area (TPSA) is 90.9 Å². The third-order valence-electron chi connectivity index (χ3n) is 3.59. The number of aryl methyl sites for hydroxylation is 1. The van der Waals surface area contributed by atoms with Gasteiger partial charge in [0.2, 0.25) is 0 Å². The number of aliphatic hydroxyl groups is 1. The minimum absolute atomic E-state index is 0.202. The molecule has 0 unspecified atom stereocenters. The number of nitrogens with zero attached hydrogens (tertiary/aromatic N) is 3. The van der Waals surface area contributed by atoms with Crippen molar-refractivity contribution in [2.45, 2.75) is 0 Å². The Kier molecular flexibility index (Phi) is 4.00. The van der Waals surface area contributed by atoms with Crippen molar-refractivity contribution in [3.63, 3.8) is 0 Å². The van der Waals surface area contributed by atoms with Crippen molar-refractivity contribution in [3.05, 3.63) is 65.9 Å². The molecule has 3 rings (SSSR count). The van der Waals surface area contributed by atoms with Gasteiger partial charge in [0.1, 0.15) is 11.8 Å². The van der Waals surface area contributed by atoms with E-state index >= 15 is 0 Å². The number of aliphatic hydroxyl groups excluding tert-OH is 1. The molecule has 0 radical (unpaired) electrons. The minimum Gasteiger partial charge on any atom is -0.504 e. The lowest BCUT2D eigenvalue weighted by Gasteiger charge is -2.05. The maximum absolute atomic E-state index is 12.3. The summed E-state index contributed by atoms with van der Waals surface area (Å²) < 4.78 is 1.59. The van der Waals surface area contributed by atoms with Gasteiger partial charge in [0.25, 0.3) is 5.91 Å². The van der Waals surface area contributed by atoms with Crippen LogP contribution in [0.15, 0.2) is 60.2 Å². The van der Waals surface area contributed by atoms with Crippen molar-refractivity contribution in [3.8, 4) is 6.07 Å². The summed E-state index contributed by atoms with van der Waals surface area (Å²) >= 11 is 0.